The van der Waals surface area contributed by atoms with Crippen LogP contribution in [-0.4, -0.2) is 18.5 Å². The Bertz CT molecular complexity index is 502. The zero-order valence-corrected chi connectivity index (χ0v) is 11.3. The Balaban J connectivity index is 3.02. The highest BCUT2D eigenvalue weighted by Gasteiger charge is 2.34. The standard InChI is InChI=1S/C11H9BrF3NO3/c1-2-19-10(18)9(17)16-8-4-3-6(12)5-7(8)11(13,14)15/h3-5H,2H2,1H3,(H,16,17). The molecule has 0 heterocycles. The molecule has 0 bridgehead atoms. The van der Waals surface area contributed by atoms with Gasteiger partial charge < -0.3 is 10.1 Å². The molecule has 0 unspecified atom stereocenters. The first-order valence-electron chi connectivity index (χ1n) is 5.10. The number of nitrogens with one attached hydrogen (secondary N) is 1. The summed E-state index contributed by atoms with van der Waals surface area (Å²) in [5.74, 6) is -2.49. The third-order valence-corrected chi connectivity index (χ3v) is 2.49. The largest absolute Gasteiger partial charge is 0.459 e. The van der Waals surface area contributed by atoms with Crippen LogP contribution in [0.3, 0.4) is 0 Å². The summed E-state index contributed by atoms with van der Waals surface area (Å²) in [5.41, 5.74) is -1.56. The van der Waals surface area contributed by atoms with Crippen LogP contribution < -0.4 is 5.32 Å². The number of carbonyl (C=O) groups is 2. The van der Waals surface area contributed by atoms with Gasteiger partial charge in [-0.2, -0.15) is 13.2 Å². The van der Waals surface area contributed by atoms with Crippen molar-refractivity contribution in [3.63, 3.8) is 0 Å². The molecule has 19 heavy (non-hydrogen) atoms. The van der Waals surface area contributed by atoms with Gasteiger partial charge in [0.15, 0.2) is 0 Å². The SMILES string of the molecule is CCOC(=O)C(=O)Nc1ccc(Br)cc1C(F)(F)F. The number of hydrogen-bond acceptors (Lipinski definition) is 3. The molecule has 104 valence electrons. The highest BCUT2D eigenvalue weighted by Crippen LogP contribution is 2.36. The Morgan fingerprint density at radius 2 is 2.00 bits per heavy atom. The summed E-state index contributed by atoms with van der Waals surface area (Å²) in [6.45, 7) is 1.44. The van der Waals surface area contributed by atoms with Gasteiger partial charge in [-0.1, -0.05) is 15.9 Å². The molecule has 1 N–H and O–H groups in total. The van der Waals surface area contributed by atoms with Crippen molar-refractivity contribution in [1.29, 1.82) is 0 Å². The van der Waals surface area contributed by atoms with Gasteiger partial charge in [0, 0.05) is 4.47 Å². The van der Waals surface area contributed by atoms with E-state index in [2.05, 4.69) is 20.7 Å². The van der Waals surface area contributed by atoms with Crippen molar-refractivity contribution in [3.05, 3.63) is 28.2 Å². The second-order valence-electron chi connectivity index (χ2n) is 3.36. The summed E-state index contributed by atoms with van der Waals surface area (Å²) < 4.78 is 42.8. The molecule has 1 rings (SSSR count). The fourth-order valence-electron chi connectivity index (χ4n) is 1.23. The minimum absolute atomic E-state index is 0.0429. The summed E-state index contributed by atoms with van der Waals surface area (Å²) in [5, 5.41) is 1.87. The molecule has 0 radical (unpaired) electrons. The third-order valence-electron chi connectivity index (χ3n) is 2.00. The predicted molar refractivity (Wildman–Crippen MR) is 64.4 cm³/mol. The Morgan fingerprint density at radius 3 is 2.53 bits per heavy atom. The number of rotatable bonds is 2. The van der Waals surface area contributed by atoms with Crippen LogP contribution in [0.25, 0.3) is 0 Å². The lowest BCUT2D eigenvalue weighted by molar-refractivity contribution is -0.152. The first kappa shape index (κ1) is 15.5. The highest BCUT2D eigenvalue weighted by atomic mass is 79.9. The van der Waals surface area contributed by atoms with Gasteiger partial charge in [0.25, 0.3) is 0 Å². The molecule has 0 aromatic heterocycles. The molecule has 0 atom stereocenters. The second kappa shape index (κ2) is 6.05. The predicted octanol–water partition coefficient (Wildman–Crippen LogP) is 2.97. The number of esters is 1. The second-order valence-corrected chi connectivity index (χ2v) is 4.28. The number of carbonyl (C=O) groups excluding carboxylic acids is 2. The van der Waals surface area contributed by atoms with Crippen LogP contribution in [0.1, 0.15) is 12.5 Å². The van der Waals surface area contributed by atoms with E-state index < -0.39 is 29.3 Å². The molecule has 0 spiro atoms. The molecule has 8 heteroatoms. The van der Waals surface area contributed by atoms with Gasteiger partial charge in [0.1, 0.15) is 0 Å². The zero-order valence-electron chi connectivity index (χ0n) is 9.68. The van der Waals surface area contributed by atoms with E-state index >= 15 is 0 Å². The Hall–Kier alpha value is -1.57. The molecule has 0 aliphatic rings. The van der Waals surface area contributed by atoms with Crippen molar-refractivity contribution < 1.29 is 27.5 Å². The van der Waals surface area contributed by atoms with Gasteiger partial charge >= 0.3 is 18.1 Å². The molecule has 1 aromatic rings. The van der Waals surface area contributed by atoms with E-state index in [0.29, 0.717) is 0 Å². The summed E-state index contributed by atoms with van der Waals surface area (Å²) in [7, 11) is 0. The van der Waals surface area contributed by atoms with Crippen molar-refractivity contribution in [2.75, 3.05) is 11.9 Å². The van der Waals surface area contributed by atoms with Crippen molar-refractivity contribution in [3.8, 4) is 0 Å². The quantitative estimate of drug-likeness (QED) is 0.665. The lowest BCUT2D eigenvalue weighted by Gasteiger charge is -2.13. The molecule has 1 amide bonds. The van der Waals surface area contributed by atoms with Crippen molar-refractivity contribution >= 4 is 33.5 Å². The van der Waals surface area contributed by atoms with E-state index in [4.69, 9.17) is 0 Å². The topological polar surface area (TPSA) is 55.4 Å². The first-order chi connectivity index (χ1) is 8.75. The van der Waals surface area contributed by atoms with Gasteiger partial charge in [-0.25, -0.2) is 4.79 Å². The molecule has 0 saturated heterocycles. The molecular weight excluding hydrogens is 331 g/mol. The van der Waals surface area contributed by atoms with Crippen LogP contribution in [0.15, 0.2) is 22.7 Å². The smallest absolute Gasteiger partial charge is 0.418 e. The van der Waals surface area contributed by atoms with Crippen molar-refractivity contribution in [1.82, 2.24) is 0 Å². The maximum absolute atomic E-state index is 12.7. The Kier molecular flexibility index (Phi) is 4.93. The number of hydrogen-bond donors (Lipinski definition) is 1. The molecule has 4 nitrogen and oxygen atoms in total. The molecule has 0 aliphatic heterocycles. The maximum atomic E-state index is 12.7. The van der Waals surface area contributed by atoms with E-state index in [1.165, 1.54) is 13.0 Å². The Labute approximate surface area is 115 Å². The minimum Gasteiger partial charge on any atom is -0.459 e. The summed E-state index contributed by atoms with van der Waals surface area (Å²) in [6.07, 6.45) is -4.65. The van der Waals surface area contributed by atoms with Gasteiger partial charge in [-0.3, -0.25) is 4.79 Å². The van der Waals surface area contributed by atoms with Crippen LogP contribution >= 0.6 is 15.9 Å². The third kappa shape index (κ3) is 4.23. The molecule has 0 fully saturated rings. The van der Waals surface area contributed by atoms with Crippen molar-refractivity contribution in [2.24, 2.45) is 0 Å². The molecule has 0 aliphatic carbocycles. The van der Waals surface area contributed by atoms with E-state index in [9.17, 15) is 22.8 Å². The lowest BCUT2D eigenvalue weighted by atomic mass is 10.1. The zero-order chi connectivity index (χ0) is 14.6. The van der Waals surface area contributed by atoms with Gasteiger partial charge in [-0.05, 0) is 25.1 Å². The highest BCUT2D eigenvalue weighted by molar-refractivity contribution is 9.10. The monoisotopic (exact) mass is 339 g/mol. The van der Waals surface area contributed by atoms with Crippen LogP contribution in [0.2, 0.25) is 0 Å². The number of alkyl halides is 3. The van der Waals surface area contributed by atoms with E-state index in [0.717, 1.165) is 12.1 Å². The van der Waals surface area contributed by atoms with Crippen LogP contribution in [0.4, 0.5) is 18.9 Å². The van der Waals surface area contributed by atoms with E-state index in [-0.39, 0.29) is 11.1 Å². The maximum Gasteiger partial charge on any atom is 0.418 e. The molecular formula is C11H9BrF3NO3. The van der Waals surface area contributed by atoms with Crippen LogP contribution in [-0.2, 0) is 20.5 Å². The van der Waals surface area contributed by atoms with Crippen LogP contribution in [0.5, 0.6) is 0 Å². The Morgan fingerprint density at radius 1 is 1.37 bits per heavy atom. The van der Waals surface area contributed by atoms with Gasteiger partial charge in [-0.15, -0.1) is 0 Å². The number of anilines is 1. The average molecular weight is 340 g/mol. The van der Waals surface area contributed by atoms with Crippen molar-refractivity contribution in [2.45, 2.75) is 13.1 Å². The molecule has 0 saturated carbocycles. The average Bonchev–Trinajstić information content (AvgIpc) is 2.30. The van der Waals surface area contributed by atoms with E-state index in [1.54, 1.807) is 0 Å². The van der Waals surface area contributed by atoms with Crippen LogP contribution in [0, 0.1) is 0 Å². The van der Waals surface area contributed by atoms with E-state index in [1.807, 2.05) is 5.32 Å². The fraction of sp³-hybridized carbons (Fsp3) is 0.273. The normalized spacial score (nSPS) is 11.0. The number of ether oxygens (including phenoxy) is 1. The minimum atomic E-state index is -4.65. The number of amides is 1. The summed E-state index contributed by atoms with van der Waals surface area (Å²) in [6, 6.07) is 3.17. The van der Waals surface area contributed by atoms with Gasteiger partial charge in [0.05, 0.1) is 17.9 Å². The fourth-order valence-corrected chi connectivity index (χ4v) is 1.59. The molecule has 1 aromatic carbocycles. The first-order valence-corrected chi connectivity index (χ1v) is 5.90. The lowest BCUT2D eigenvalue weighted by Crippen LogP contribution is -2.26. The van der Waals surface area contributed by atoms with Gasteiger partial charge in [0.2, 0.25) is 0 Å². The summed E-state index contributed by atoms with van der Waals surface area (Å²) >= 11 is 2.90. The number of halogens is 4. The summed E-state index contributed by atoms with van der Waals surface area (Å²) in [4.78, 5) is 22.4. The number of benzene rings is 1.